The molecule has 3 aromatic rings. The van der Waals surface area contributed by atoms with E-state index in [0.29, 0.717) is 0 Å². The highest BCUT2D eigenvalue weighted by molar-refractivity contribution is 7.98. The van der Waals surface area contributed by atoms with Crippen molar-refractivity contribution >= 4 is 34.5 Å². The van der Waals surface area contributed by atoms with Gasteiger partial charge in [0.25, 0.3) is 28.0 Å². The third-order valence-corrected chi connectivity index (χ3v) is 4.67. The molecule has 3 rings (SSSR count). The lowest BCUT2D eigenvalue weighted by Crippen LogP contribution is -1.97. The third-order valence-electron chi connectivity index (χ3n) is 3.81. The molecule has 2 aromatic carbocycles. The summed E-state index contributed by atoms with van der Waals surface area (Å²) >= 11 is 0.874. The summed E-state index contributed by atoms with van der Waals surface area (Å²) in [7, 11) is 0. The number of non-ortho nitro benzene ring substituents is 3. The second kappa shape index (κ2) is 8.49. The topological polar surface area (TPSA) is 211 Å². The number of rotatable bonds is 8. The van der Waals surface area contributed by atoms with E-state index in [4.69, 9.17) is 4.42 Å². The first-order chi connectivity index (χ1) is 14.7. The Bertz CT molecular complexity index is 1200. The summed E-state index contributed by atoms with van der Waals surface area (Å²) in [6, 6.07) is 6.00. The van der Waals surface area contributed by atoms with Crippen molar-refractivity contribution in [3.05, 3.63) is 82.4 Å². The zero-order valence-corrected chi connectivity index (χ0v) is 15.8. The minimum Gasteiger partial charge on any atom is -0.411 e. The number of nitro benzene ring substituents is 4. The van der Waals surface area contributed by atoms with Gasteiger partial charge in [-0.2, -0.15) is 0 Å². The van der Waals surface area contributed by atoms with E-state index in [-0.39, 0.29) is 28.0 Å². The van der Waals surface area contributed by atoms with Gasteiger partial charge >= 0.3 is 0 Å². The van der Waals surface area contributed by atoms with E-state index in [1.807, 2.05) is 0 Å². The van der Waals surface area contributed by atoms with E-state index >= 15 is 0 Å². The highest BCUT2D eigenvalue weighted by Crippen LogP contribution is 2.33. The molecule has 0 bridgehead atoms. The molecule has 0 atom stereocenters. The lowest BCUT2D eigenvalue weighted by Gasteiger charge is -2.01. The second-order valence-corrected chi connectivity index (χ2v) is 6.67. The van der Waals surface area contributed by atoms with Crippen LogP contribution < -0.4 is 0 Å². The summed E-state index contributed by atoms with van der Waals surface area (Å²) in [5.41, 5.74) is -1.88. The van der Waals surface area contributed by atoms with E-state index in [1.54, 1.807) is 0 Å². The van der Waals surface area contributed by atoms with E-state index in [0.717, 1.165) is 42.1 Å². The molecule has 158 valence electrons. The summed E-state index contributed by atoms with van der Waals surface area (Å²) in [4.78, 5) is 40.8. The van der Waals surface area contributed by atoms with E-state index in [9.17, 15) is 40.5 Å². The normalized spacial score (nSPS) is 10.6. The molecule has 0 aliphatic carbocycles. The molecule has 0 saturated carbocycles. The van der Waals surface area contributed by atoms with Crippen LogP contribution in [0.15, 0.2) is 46.0 Å². The van der Waals surface area contributed by atoms with Crippen molar-refractivity contribution in [3.63, 3.8) is 0 Å². The van der Waals surface area contributed by atoms with Crippen LogP contribution in [0.1, 0.15) is 5.56 Å². The fourth-order valence-corrected chi connectivity index (χ4v) is 3.17. The first kappa shape index (κ1) is 21.2. The quantitative estimate of drug-likeness (QED) is 0.274. The smallest absolute Gasteiger partial charge is 0.280 e. The Morgan fingerprint density at radius 1 is 0.774 bits per heavy atom. The Balaban J connectivity index is 1.85. The van der Waals surface area contributed by atoms with Gasteiger partial charge < -0.3 is 4.42 Å². The van der Waals surface area contributed by atoms with E-state index in [2.05, 4.69) is 10.2 Å². The monoisotopic (exact) mass is 448 g/mol. The Kier molecular flexibility index (Phi) is 5.82. The zero-order chi connectivity index (χ0) is 22.7. The van der Waals surface area contributed by atoms with Crippen molar-refractivity contribution in [2.45, 2.75) is 11.0 Å². The van der Waals surface area contributed by atoms with Gasteiger partial charge in [-0.15, -0.1) is 10.2 Å². The Morgan fingerprint density at radius 2 is 1.39 bits per heavy atom. The van der Waals surface area contributed by atoms with Crippen molar-refractivity contribution < 1.29 is 24.1 Å². The average molecular weight is 448 g/mol. The molecule has 0 radical (unpaired) electrons. The number of thioether (sulfide) groups is 1. The van der Waals surface area contributed by atoms with Crippen molar-refractivity contribution in [3.8, 4) is 11.5 Å². The SMILES string of the molecule is O=[N+]([O-])c1cc(-c2nnc(SCc3ccc([N+](=O)[O-])cc3[N+](=O)[O-])o2)cc([N+](=O)[O-])c1. The van der Waals surface area contributed by atoms with Gasteiger partial charge in [0.05, 0.1) is 37.4 Å². The summed E-state index contributed by atoms with van der Waals surface area (Å²) in [6.45, 7) is 0. The molecule has 0 amide bonds. The Morgan fingerprint density at radius 3 is 1.94 bits per heavy atom. The maximum Gasteiger partial charge on any atom is 0.280 e. The van der Waals surface area contributed by atoms with Gasteiger partial charge in [0.15, 0.2) is 0 Å². The summed E-state index contributed by atoms with van der Waals surface area (Å²) in [5, 5.41) is 51.3. The van der Waals surface area contributed by atoms with Crippen LogP contribution in [0.5, 0.6) is 0 Å². The van der Waals surface area contributed by atoms with Gasteiger partial charge in [-0.05, 0) is 6.07 Å². The van der Waals surface area contributed by atoms with Gasteiger partial charge in [-0.1, -0.05) is 11.8 Å². The highest BCUT2D eigenvalue weighted by Gasteiger charge is 2.22. The van der Waals surface area contributed by atoms with Crippen LogP contribution >= 0.6 is 11.8 Å². The standard InChI is InChI=1S/C15H8N6O9S/c22-18(23)10-2-1-8(13(6-10)21(28)29)7-31-15-17-16-14(30-15)9-3-11(19(24)25)5-12(4-9)20(26)27/h1-6H,7H2. The van der Waals surface area contributed by atoms with Gasteiger partial charge in [0.1, 0.15) is 0 Å². The largest absolute Gasteiger partial charge is 0.411 e. The number of hydrogen-bond donors (Lipinski definition) is 0. The number of aromatic nitrogens is 2. The fourth-order valence-electron chi connectivity index (χ4n) is 2.41. The fraction of sp³-hybridized carbons (Fsp3) is 0.0667. The first-order valence-electron chi connectivity index (χ1n) is 7.98. The van der Waals surface area contributed by atoms with Crippen LogP contribution in [0.4, 0.5) is 22.7 Å². The van der Waals surface area contributed by atoms with Gasteiger partial charge in [0.2, 0.25) is 5.89 Å². The molecule has 15 nitrogen and oxygen atoms in total. The van der Waals surface area contributed by atoms with E-state index < -0.39 is 42.4 Å². The van der Waals surface area contributed by atoms with Gasteiger partial charge in [-0.25, -0.2) is 0 Å². The molecule has 0 saturated heterocycles. The lowest BCUT2D eigenvalue weighted by atomic mass is 10.2. The van der Waals surface area contributed by atoms with Crippen LogP contribution in [0.2, 0.25) is 0 Å². The molecule has 31 heavy (non-hydrogen) atoms. The maximum atomic E-state index is 11.2. The molecular formula is C15H8N6O9S. The Hall–Kier alpha value is -4.47. The summed E-state index contributed by atoms with van der Waals surface area (Å²) < 4.78 is 5.34. The molecule has 1 aromatic heterocycles. The molecule has 16 heteroatoms. The van der Waals surface area contributed by atoms with Crippen LogP contribution in [0.3, 0.4) is 0 Å². The van der Waals surface area contributed by atoms with Crippen molar-refractivity contribution in [2.24, 2.45) is 0 Å². The summed E-state index contributed by atoms with van der Waals surface area (Å²) in [5.74, 6) is -0.280. The molecule has 1 heterocycles. The molecule has 0 aliphatic rings. The predicted molar refractivity (Wildman–Crippen MR) is 102 cm³/mol. The zero-order valence-electron chi connectivity index (χ0n) is 14.9. The third kappa shape index (κ3) is 4.75. The lowest BCUT2D eigenvalue weighted by molar-refractivity contribution is -0.394. The van der Waals surface area contributed by atoms with Crippen molar-refractivity contribution in [1.29, 1.82) is 0 Å². The molecule has 0 spiro atoms. The van der Waals surface area contributed by atoms with Crippen LogP contribution in [-0.4, -0.2) is 29.9 Å². The first-order valence-corrected chi connectivity index (χ1v) is 8.96. The average Bonchev–Trinajstić information content (AvgIpc) is 3.20. The van der Waals surface area contributed by atoms with Crippen molar-refractivity contribution in [2.75, 3.05) is 0 Å². The predicted octanol–water partition coefficient (Wildman–Crippen LogP) is 3.66. The number of hydrogen-bond acceptors (Lipinski definition) is 12. The molecule has 0 unspecified atom stereocenters. The second-order valence-electron chi connectivity index (χ2n) is 5.74. The highest BCUT2D eigenvalue weighted by atomic mass is 32.2. The van der Waals surface area contributed by atoms with Crippen LogP contribution in [0, 0.1) is 40.5 Å². The minimum atomic E-state index is -0.809. The van der Waals surface area contributed by atoms with Crippen molar-refractivity contribution in [1.82, 2.24) is 10.2 Å². The van der Waals surface area contributed by atoms with Crippen LogP contribution in [-0.2, 0) is 5.75 Å². The molecule has 0 N–H and O–H groups in total. The number of nitrogens with zero attached hydrogens (tertiary/aromatic N) is 6. The maximum absolute atomic E-state index is 11.2. The Labute approximate surface area is 174 Å². The minimum absolute atomic E-state index is 0.0506. The number of benzene rings is 2. The molecular weight excluding hydrogens is 440 g/mol. The number of nitro groups is 4. The van der Waals surface area contributed by atoms with Gasteiger partial charge in [0, 0.05) is 29.5 Å². The summed E-state index contributed by atoms with van der Waals surface area (Å²) in [6.07, 6.45) is 0. The van der Waals surface area contributed by atoms with E-state index in [1.165, 1.54) is 6.07 Å². The molecule has 0 aliphatic heterocycles. The van der Waals surface area contributed by atoms with Crippen LogP contribution in [0.25, 0.3) is 11.5 Å². The van der Waals surface area contributed by atoms with Gasteiger partial charge in [-0.3, -0.25) is 40.5 Å². The molecule has 0 fully saturated rings.